The quantitative estimate of drug-likeness (QED) is 0.575. The maximum absolute atomic E-state index is 12.7. The summed E-state index contributed by atoms with van der Waals surface area (Å²) in [7, 11) is -3.77. The summed E-state index contributed by atoms with van der Waals surface area (Å²) in [4.78, 5) is 24.5. The van der Waals surface area contributed by atoms with Crippen LogP contribution in [0.3, 0.4) is 0 Å². The van der Waals surface area contributed by atoms with Gasteiger partial charge in [0.05, 0.1) is 28.6 Å². The molecule has 1 aliphatic rings. The van der Waals surface area contributed by atoms with Crippen molar-refractivity contribution in [2.24, 2.45) is 0 Å². The molecule has 0 unspecified atom stereocenters. The van der Waals surface area contributed by atoms with Crippen LogP contribution < -0.4 is 19.1 Å². The molecule has 0 radical (unpaired) electrons. The summed E-state index contributed by atoms with van der Waals surface area (Å²) in [5, 5.41) is 2.70. The van der Waals surface area contributed by atoms with Crippen LogP contribution in [0.25, 0.3) is 0 Å². The summed E-state index contributed by atoms with van der Waals surface area (Å²) in [6.07, 6.45) is 0. The molecule has 0 atom stereocenters. The Balaban J connectivity index is 1.79. The molecular weight excluding hydrogens is 460 g/mol. The molecule has 1 heterocycles. The first-order valence-corrected chi connectivity index (χ1v) is 11.9. The van der Waals surface area contributed by atoms with Crippen molar-refractivity contribution in [2.75, 3.05) is 41.7 Å². The van der Waals surface area contributed by atoms with Crippen molar-refractivity contribution >= 4 is 44.9 Å². The van der Waals surface area contributed by atoms with Crippen LogP contribution in [0.4, 0.5) is 11.4 Å². The Bertz CT molecular complexity index is 1120. The number of nitrogens with zero attached hydrogens (tertiary/aromatic N) is 1. The SMILES string of the molecule is CCOC(=O)c1ccc(NC(=O)CN(c2ccc3c(c2)OCCO3)S(=O)(=O)CC)cc1Cl. The number of hydrogen-bond donors (Lipinski definition) is 1. The minimum Gasteiger partial charge on any atom is -0.486 e. The molecule has 1 amide bonds. The Morgan fingerprint density at radius 3 is 2.47 bits per heavy atom. The first-order valence-electron chi connectivity index (χ1n) is 9.91. The predicted molar refractivity (Wildman–Crippen MR) is 120 cm³/mol. The molecule has 0 aliphatic carbocycles. The number of amides is 1. The Morgan fingerprint density at radius 1 is 1.09 bits per heavy atom. The summed E-state index contributed by atoms with van der Waals surface area (Å²) in [6, 6.07) is 9.00. The Morgan fingerprint density at radius 2 is 1.81 bits per heavy atom. The van der Waals surface area contributed by atoms with Crippen LogP contribution in [0.2, 0.25) is 5.02 Å². The standard InChI is InChI=1S/C21H23ClN2O7S/c1-3-29-21(26)16-7-5-14(11-17(16)22)23-20(25)13-24(32(27,28)4-2)15-6-8-18-19(12-15)31-10-9-30-18/h5-8,11-12H,3-4,9-10,13H2,1-2H3,(H,23,25). The van der Waals surface area contributed by atoms with E-state index in [1.165, 1.54) is 31.2 Å². The van der Waals surface area contributed by atoms with Gasteiger partial charge in [0.1, 0.15) is 19.8 Å². The van der Waals surface area contributed by atoms with Crippen LogP contribution in [0, 0.1) is 0 Å². The highest BCUT2D eigenvalue weighted by atomic mass is 35.5. The van der Waals surface area contributed by atoms with Gasteiger partial charge in [0.15, 0.2) is 11.5 Å². The molecule has 11 heteroatoms. The van der Waals surface area contributed by atoms with Gasteiger partial charge >= 0.3 is 5.97 Å². The van der Waals surface area contributed by atoms with Crippen LogP contribution >= 0.6 is 11.6 Å². The number of ether oxygens (including phenoxy) is 3. The van der Waals surface area contributed by atoms with Crippen molar-refractivity contribution in [3.05, 3.63) is 47.0 Å². The summed E-state index contributed by atoms with van der Waals surface area (Å²) < 4.78 is 42.3. The molecule has 1 N–H and O–H groups in total. The van der Waals surface area contributed by atoms with E-state index in [0.717, 1.165) is 4.31 Å². The third-order valence-electron chi connectivity index (χ3n) is 4.55. The minimum atomic E-state index is -3.77. The van der Waals surface area contributed by atoms with E-state index in [1.54, 1.807) is 19.1 Å². The van der Waals surface area contributed by atoms with Crippen LogP contribution in [-0.2, 0) is 19.6 Å². The van der Waals surface area contributed by atoms with E-state index in [9.17, 15) is 18.0 Å². The molecule has 0 bridgehead atoms. The van der Waals surface area contributed by atoms with Crippen LogP contribution in [0.15, 0.2) is 36.4 Å². The minimum absolute atomic E-state index is 0.103. The monoisotopic (exact) mass is 482 g/mol. The lowest BCUT2D eigenvalue weighted by atomic mass is 10.2. The summed E-state index contributed by atoms with van der Waals surface area (Å²) in [6.45, 7) is 3.66. The zero-order chi connectivity index (χ0) is 23.3. The van der Waals surface area contributed by atoms with Gasteiger partial charge in [0.2, 0.25) is 15.9 Å². The van der Waals surface area contributed by atoms with Gasteiger partial charge in [-0.1, -0.05) is 11.6 Å². The van der Waals surface area contributed by atoms with E-state index in [2.05, 4.69) is 5.32 Å². The Labute approximate surface area is 191 Å². The van der Waals surface area contributed by atoms with E-state index in [-0.39, 0.29) is 28.6 Å². The second kappa shape index (κ2) is 10.1. The summed E-state index contributed by atoms with van der Waals surface area (Å²) in [5.74, 6) is -0.443. The highest BCUT2D eigenvalue weighted by molar-refractivity contribution is 7.92. The largest absolute Gasteiger partial charge is 0.486 e. The first-order chi connectivity index (χ1) is 15.2. The fraction of sp³-hybridized carbons (Fsp3) is 0.333. The number of anilines is 2. The van der Waals surface area contributed by atoms with Gasteiger partial charge in [-0.15, -0.1) is 0 Å². The van der Waals surface area contributed by atoms with Crippen molar-refractivity contribution in [3.63, 3.8) is 0 Å². The van der Waals surface area contributed by atoms with Gasteiger partial charge < -0.3 is 19.5 Å². The lowest BCUT2D eigenvalue weighted by Gasteiger charge is -2.25. The number of fused-ring (bicyclic) bond motifs is 1. The number of nitrogens with one attached hydrogen (secondary N) is 1. The van der Waals surface area contributed by atoms with Crippen molar-refractivity contribution in [1.82, 2.24) is 0 Å². The molecule has 3 rings (SSSR count). The average Bonchev–Trinajstić information content (AvgIpc) is 2.77. The lowest BCUT2D eigenvalue weighted by Crippen LogP contribution is -2.39. The van der Waals surface area contributed by atoms with Crippen LogP contribution in [-0.4, -0.2) is 52.4 Å². The number of esters is 1. The smallest absolute Gasteiger partial charge is 0.339 e. The molecule has 0 aromatic heterocycles. The average molecular weight is 483 g/mol. The topological polar surface area (TPSA) is 111 Å². The van der Waals surface area contributed by atoms with Gasteiger partial charge in [-0.2, -0.15) is 0 Å². The van der Waals surface area contributed by atoms with Crippen molar-refractivity contribution in [3.8, 4) is 11.5 Å². The maximum Gasteiger partial charge on any atom is 0.339 e. The molecule has 0 saturated heterocycles. The van der Waals surface area contributed by atoms with Crippen molar-refractivity contribution in [2.45, 2.75) is 13.8 Å². The number of sulfonamides is 1. The second-order valence-electron chi connectivity index (χ2n) is 6.70. The number of hydrogen-bond acceptors (Lipinski definition) is 7. The number of carbonyl (C=O) groups excluding carboxylic acids is 2. The molecule has 9 nitrogen and oxygen atoms in total. The molecule has 172 valence electrons. The molecular formula is C21H23ClN2O7S. The van der Waals surface area contributed by atoms with E-state index in [0.29, 0.717) is 30.4 Å². The first kappa shape index (κ1) is 23.7. The van der Waals surface area contributed by atoms with E-state index in [1.807, 2.05) is 0 Å². The number of carbonyl (C=O) groups is 2. The van der Waals surface area contributed by atoms with Gasteiger partial charge in [-0.05, 0) is 44.2 Å². The second-order valence-corrected chi connectivity index (χ2v) is 9.29. The van der Waals surface area contributed by atoms with Crippen molar-refractivity contribution in [1.29, 1.82) is 0 Å². The molecule has 1 aliphatic heterocycles. The highest BCUT2D eigenvalue weighted by Gasteiger charge is 2.25. The highest BCUT2D eigenvalue weighted by Crippen LogP contribution is 2.35. The number of halogens is 1. The normalized spacial score (nSPS) is 12.7. The van der Waals surface area contributed by atoms with Crippen molar-refractivity contribution < 1.29 is 32.2 Å². The predicted octanol–water partition coefficient (Wildman–Crippen LogP) is 3.08. The molecule has 0 saturated carbocycles. The molecule has 2 aromatic carbocycles. The Hall–Kier alpha value is -2.98. The summed E-state index contributed by atoms with van der Waals surface area (Å²) >= 11 is 6.12. The van der Waals surface area contributed by atoms with Crippen LogP contribution in [0.1, 0.15) is 24.2 Å². The van der Waals surface area contributed by atoms with Crippen LogP contribution in [0.5, 0.6) is 11.5 Å². The molecule has 0 spiro atoms. The Kier molecular flexibility index (Phi) is 7.47. The zero-order valence-electron chi connectivity index (χ0n) is 17.6. The zero-order valence-corrected chi connectivity index (χ0v) is 19.2. The number of rotatable bonds is 8. The number of benzene rings is 2. The third-order valence-corrected chi connectivity index (χ3v) is 6.60. The fourth-order valence-electron chi connectivity index (χ4n) is 2.99. The summed E-state index contributed by atoms with van der Waals surface area (Å²) in [5.41, 5.74) is 0.754. The maximum atomic E-state index is 12.7. The fourth-order valence-corrected chi connectivity index (χ4v) is 4.31. The van der Waals surface area contributed by atoms with Gasteiger partial charge in [-0.25, -0.2) is 13.2 Å². The van der Waals surface area contributed by atoms with Gasteiger partial charge in [-0.3, -0.25) is 9.10 Å². The lowest BCUT2D eigenvalue weighted by molar-refractivity contribution is -0.114. The van der Waals surface area contributed by atoms with Gasteiger partial charge in [0, 0.05) is 11.8 Å². The van der Waals surface area contributed by atoms with E-state index in [4.69, 9.17) is 25.8 Å². The van der Waals surface area contributed by atoms with E-state index < -0.39 is 28.4 Å². The third kappa shape index (κ3) is 5.43. The van der Waals surface area contributed by atoms with E-state index >= 15 is 0 Å². The molecule has 0 fully saturated rings. The van der Waals surface area contributed by atoms with Gasteiger partial charge in [0.25, 0.3) is 0 Å². The molecule has 32 heavy (non-hydrogen) atoms. The molecule has 2 aromatic rings.